The minimum atomic E-state index is -0.819. The highest BCUT2D eigenvalue weighted by Crippen LogP contribution is 2.24. The van der Waals surface area contributed by atoms with Gasteiger partial charge in [0, 0.05) is 19.3 Å². The second-order valence-electron chi connectivity index (χ2n) is 6.12. The minimum absolute atomic E-state index is 0.423. The number of aryl methyl sites for hydroxylation is 1. The van der Waals surface area contributed by atoms with E-state index in [9.17, 15) is 5.02 Å². The molecular formula is C18H20BN5O2. The van der Waals surface area contributed by atoms with Crippen LogP contribution in [0.5, 0.6) is 0 Å². The van der Waals surface area contributed by atoms with E-state index < -0.39 is 7.12 Å². The summed E-state index contributed by atoms with van der Waals surface area (Å²) in [5.41, 5.74) is 3.69. The van der Waals surface area contributed by atoms with Gasteiger partial charge in [0.2, 0.25) is 0 Å². The summed E-state index contributed by atoms with van der Waals surface area (Å²) in [6, 6.07) is 7.83. The number of benzene rings is 1. The van der Waals surface area contributed by atoms with Gasteiger partial charge in [-0.1, -0.05) is 12.1 Å². The first-order valence-electron chi connectivity index (χ1n) is 8.75. The minimum Gasteiger partial charge on any atom is -0.423 e. The zero-order valence-corrected chi connectivity index (χ0v) is 14.8. The summed E-state index contributed by atoms with van der Waals surface area (Å²) in [6.07, 6.45) is 5.40. The number of hydrazone groups is 1. The van der Waals surface area contributed by atoms with E-state index in [1.807, 2.05) is 42.4 Å². The van der Waals surface area contributed by atoms with Crippen molar-refractivity contribution in [3.63, 3.8) is 0 Å². The molecule has 0 aliphatic carbocycles. The van der Waals surface area contributed by atoms with Crippen molar-refractivity contribution < 1.29 is 9.68 Å². The van der Waals surface area contributed by atoms with Crippen molar-refractivity contribution in [2.24, 2.45) is 5.10 Å². The Bertz CT molecular complexity index is 971. The lowest BCUT2D eigenvalue weighted by Crippen LogP contribution is -2.27. The zero-order valence-electron chi connectivity index (χ0n) is 14.8. The van der Waals surface area contributed by atoms with Crippen molar-refractivity contribution in [3.8, 4) is 0 Å². The Kier molecular flexibility index (Phi) is 4.44. The van der Waals surface area contributed by atoms with Crippen molar-refractivity contribution in [2.75, 3.05) is 11.6 Å². The van der Waals surface area contributed by atoms with Crippen LogP contribution in [0.4, 0.5) is 5.82 Å². The van der Waals surface area contributed by atoms with Crippen LogP contribution in [-0.4, -0.2) is 39.4 Å². The monoisotopic (exact) mass is 349 g/mol. The van der Waals surface area contributed by atoms with E-state index in [0.717, 1.165) is 40.0 Å². The van der Waals surface area contributed by atoms with E-state index in [-0.39, 0.29) is 0 Å². The molecule has 1 aliphatic rings. The van der Waals surface area contributed by atoms with E-state index in [2.05, 4.69) is 26.6 Å². The molecule has 3 heterocycles. The smallest absolute Gasteiger partial charge is 0.423 e. The van der Waals surface area contributed by atoms with Gasteiger partial charge in [0.05, 0.1) is 18.2 Å². The fourth-order valence-electron chi connectivity index (χ4n) is 3.20. The first-order chi connectivity index (χ1) is 12.7. The molecular weight excluding hydrogens is 329 g/mol. The first kappa shape index (κ1) is 16.7. The largest absolute Gasteiger partial charge is 0.491 e. The molecule has 1 aliphatic heterocycles. The molecule has 132 valence electrons. The predicted octanol–water partition coefficient (Wildman–Crippen LogP) is 1.53. The fraction of sp³-hybridized carbons (Fsp3) is 0.278. The molecule has 0 unspecified atom stereocenters. The van der Waals surface area contributed by atoms with E-state index in [1.165, 1.54) is 0 Å². The number of fused-ring (bicyclic) bond motifs is 2. The number of hydrogen-bond donors (Lipinski definition) is 1. The molecule has 7 nitrogen and oxygen atoms in total. The van der Waals surface area contributed by atoms with Crippen molar-refractivity contribution in [1.82, 2.24) is 14.5 Å². The van der Waals surface area contributed by atoms with E-state index in [0.29, 0.717) is 13.2 Å². The molecule has 26 heavy (non-hydrogen) atoms. The van der Waals surface area contributed by atoms with Crippen molar-refractivity contribution in [2.45, 2.75) is 27.0 Å². The summed E-state index contributed by atoms with van der Waals surface area (Å²) >= 11 is 0. The quantitative estimate of drug-likeness (QED) is 0.430. The van der Waals surface area contributed by atoms with Crippen LogP contribution in [0.25, 0.3) is 11.0 Å². The lowest BCUT2D eigenvalue weighted by molar-refractivity contribution is 0.275. The van der Waals surface area contributed by atoms with E-state index >= 15 is 0 Å². The Morgan fingerprint density at radius 2 is 2.23 bits per heavy atom. The molecule has 4 rings (SSSR count). The number of rotatable bonds is 5. The molecule has 0 spiro atoms. The van der Waals surface area contributed by atoms with E-state index in [4.69, 9.17) is 4.65 Å². The van der Waals surface area contributed by atoms with Gasteiger partial charge in [-0.2, -0.15) is 5.10 Å². The maximum Gasteiger partial charge on any atom is 0.491 e. The SMILES string of the molecule is CCN(/N=C/c1ccc2c(c1)COB2O)c1ncnc2c1ccn2CC. The molecule has 1 N–H and O–H groups in total. The lowest BCUT2D eigenvalue weighted by Gasteiger charge is -2.16. The third kappa shape index (κ3) is 2.87. The number of hydrogen-bond acceptors (Lipinski definition) is 6. The van der Waals surface area contributed by atoms with Gasteiger partial charge < -0.3 is 14.2 Å². The maximum atomic E-state index is 9.72. The summed E-state index contributed by atoms with van der Waals surface area (Å²) < 4.78 is 7.32. The highest BCUT2D eigenvalue weighted by molar-refractivity contribution is 6.61. The van der Waals surface area contributed by atoms with Gasteiger partial charge >= 0.3 is 7.12 Å². The molecule has 0 saturated carbocycles. The van der Waals surface area contributed by atoms with Crippen LogP contribution in [0.3, 0.4) is 0 Å². The highest BCUT2D eigenvalue weighted by Gasteiger charge is 2.26. The molecule has 0 fully saturated rings. The van der Waals surface area contributed by atoms with Crippen LogP contribution in [0.15, 0.2) is 41.9 Å². The molecule has 0 amide bonds. The van der Waals surface area contributed by atoms with Crippen molar-refractivity contribution >= 4 is 35.6 Å². The number of nitrogens with zero attached hydrogens (tertiary/aromatic N) is 5. The summed E-state index contributed by atoms with van der Waals surface area (Å²) in [4.78, 5) is 8.83. The third-order valence-electron chi connectivity index (χ3n) is 4.60. The average Bonchev–Trinajstić information content (AvgIpc) is 3.26. The molecule has 0 radical (unpaired) electrons. The molecule has 0 bridgehead atoms. The molecule has 8 heteroatoms. The topological polar surface area (TPSA) is 75.8 Å². The average molecular weight is 349 g/mol. The molecule has 1 aromatic carbocycles. The third-order valence-corrected chi connectivity index (χ3v) is 4.60. The van der Waals surface area contributed by atoms with Gasteiger partial charge in [0.25, 0.3) is 0 Å². The van der Waals surface area contributed by atoms with Crippen molar-refractivity contribution in [3.05, 3.63) is 47.9 Å². The second-order valence-corrected chi connectivity index (χ2v) is 6.12. The van der Waals surface area contributed by atoms with Gasteiger partial charge in [0.15, 0.2) is 5.82 Å². The Labute approximate surface area is 152 Å². The maximum absolute atomic E-state index is 9.72. The summed E-state index contributed by atoms with van der Waals surface area (Å²) in [6.45, 7) is 6.10. The summed E-state index contributed by atoms with van der Waals surface area (Å²) in [5.74, 6) is 0.792. The predicted molar refractivity (Wildman–Crippen MR) is 103 cm³/mol. The summed E-state index contributed by atoms with van der Waals surface area (Å²) in [5, 5.41) is 17.2. The Morgan fingerprint density at radius 1 is 1.35 bits per heavy atom. The summed E-state index contributed by atoms with van der Waals surface area (Å²) in [7, 11) is -0.819. The van der Waals surface area contributed by atoms with Gasteiger partial charge in [-0.05, 0) is 42.6 Å². The first-order valence-corrected chi connectivity index (χ1v) is 8.75. The second kappa shape index (κ2) is 6.89. The van der Waals surface area contributed by atoms with E-state index in [1.54, 1.807) is 12.5 Å². The van der Waals surface area contributed by atoms with Gasteiger partial charge in [-0.15, -0.1) is 0 Å². The molecule has 2 aromatic heterocycles. The Hall–Kier alpha value is -2.71. The van der Waals surface area contributed by atoms with Crippen LogP contribution in [0.1, 0.15) is 25.0 Å². The molecule has 0 atom stereocenters. The van der Waals surface area contributed by atoms with Gasteiger partial charge in [0.1, 0.15) is 12.0 Å². The molecule has 0 saturated heterocycles. The Morgan fingerprint density at radius 3 is 3.04 bits per heavy atom. The highest BCUT2D eigenvalue weighted by atomic mass is 16.5. The van der Waals surface area contributed by atoms with Crippen LogP contribution in [0.2, 0.25) is 0 Å². The van der Waals surface area contributed by atoms with Gasteiger partial charge in [-0.25, -0.2) is 15.0 Å². The molecule has 3 aromatic rings. The standard InChI is InChI=1S/C18H20BN5O2/c1-3-23-8-7-15-17(23)20-12-21-18(15)24(4-2)22-10-13-5-6-16-14(9-13)11-26-19(16)25/h5-10,12,25H,3-4,11H2,1-2H3/b22-10+. The van der Waals surface area contributed by atoms with Crippen LogP contribution < -0.4 is 10.5 Å². The number of aromatic nitrogens is 3. The lowest BCUT2D eigenvalue weighted by atomic mass is 9.79. The van der Waals surface area contributed by atoms with Gasteiger partial charge in [-0.3, -0.25) is 0 Å². The van der Waals surface area contributed by atoms with Crippen LogP contribution in [0, 0.1) is 0 Å². The van der Waals surface area contributed by atoms with Crippen LogP contribution >= 0.6 is 0 Å². The Balaban J connectivity index is 1.64. The van der Waals surface area contributed by atoms with Crippen molar-refractivity contribution in [1.29, 1.82) is 0 Å². The number of anilines is 1. The normalized spacial score (nSPS) is 13.7. The zero-order chi connectivity index (χ0) is 18.1. The fourth-order valence-corrected chi connectivity index (χ4v) is 3.20. The van der Waals surface area contributed by atoms with Crippen LogP contribution in [-0.2, 0) is 17.8 Å².